The summed E-state index contributed by atoms with van der Waals surface area (Å²) in [5, 5.41) is -0.185. The third kappa shape index (κ3) is 4.57. The van der Waals surface area contributed by atoms with Crippen molar-refractivity contribution in [3.8, 4) is 0 Å². The lowest BCUT2D eigenvalue weighted by Gasteiger charge is -2.37. The highest BCUT2D eigenvalue weighted by atomic mass is 14.3. The van der Waals surface area contributed by atoms with Crippen molar-refractivity contribution in [3.63, 3.8) is 0 Å². The number of benzene rings is 1. The molecule has 0 aromatic heterocycles. The Balaban J connectivity index is 0.00000121. The van der Waals surface area contributed by atoms with Gasteiger partial charge < -0.3 is 0 Å². The summed E-state index contributed by atoms with van der Waals surface area (Å²) in [5.41, 5.74) is 1.26. The van der Waals surface area contributed by atoms with E-state index in [4.69, 9.17) is 7.85 Å². The van der Waals surface area contributed by atoms with Crippen LogP contribution in [0.2, 0.25) is 0 Å². The van der Waals surface area contributed by atoms with Crippen molar-refractivity contribution in [2.75, 3.05) is 0 Å². The molecule has 1 aromatic rings. The first-order valence-electron chi connectivity index (χ1n) is 6.81. The van der Waals surface area contributed by atoms with Crippen molar-refractivity contribution in [2.45, 2.75) is 53.3 Å². The Labute approximate surface area is 109 Å². The Kier molecular flexibility index (Phi) is 7.26. The van der Waals surface area contributed by atoms with Crippen molar-refractivity contribution in [3.05, 3.63) is 35.9 Å². The molecular weight excluding hydrogens is 203 g/mol. The van der Waals surface area contributed by atoms with Crippen LogP contribution in [-0.4, -0.2) is 7.85 Å². The van der Waals surface area contributed by atoms with Gasteiger partial charge in [-0.1, -0.05) is 77.4 Å². The Bertz CT molecular complexity index is 290. The van der Waals surface area contributed by atoms with Gasteiger partial charge >= 0.3 is 0 Å². The van der Waals surface area contributed by atoms with Crippen LogP contribution in [-0.2, 0) is 5.31 Å². The fourth-order valence-corrected chi connectivity index (χ4v) is 2.11. The Morgan fingerprint density at radius 1 is 1.00 bits per heavy atom. The van der Waals surface area contributed by atoms with Crippen LogP contribution >= 0.6 is 0 Å². The smallest absolute Gasteiger partial charge is 0.0683 e. The fraction of sp³-hybridized carbons (Fsp3) is 0.625. The molecule has 1 unspecified atom stereocenters. The summed E-state index contributed by atoms with van der Waals surface area (Å²) in [6.45, 7) is 12.9. The van der Waals surface area contributed by atoms with Crippen LogP contribution in [0.3, 0.4) is 0 Å². The van der Waals surface area contributed by atoms with Gasteiger partial charge in [-0.2, -0.15) is 0 Å². The lowest BCUT2D eigenvalue weighted by atomic mass is 9.54. The van der Waals surface area contributed by atoms with E-state index in [0.29, 0.717) is 11.8 Å². The second-order valence-corrected chi connectivity index (χ2v) is 5.16. The normalized spacial score (nSPS) is 14.1. The van der Waals surface area contributed by atoms with Crippen molar-refractivity contribution in [1.29, 1.82) is 0 Å². The van der Waals surface area contributed by atoms with E-state index in [0.717, 1.165) is 6.42 Å². The summed E-state index contributed by atoms with van der Waals surface area (Å²) >= 11 is 0. The molecule has 1 rings (SSSR count). The quantitative estimate of drug-likeness (QED) is 0.653. The highest BCUT2D eigenvalue weighted by Gasteiger charge is 2.30. The molecule has 0 spiro atoms. The SMILES string of the molecule is CC.[B]C(CC(C)C)(c1ccccc1)C(C)C. The predicted octanol–water partition coefficient (Wildman–Crippen LogP) is 4.78. The van der Waals surface area contributed by atoms with Gasteiger partial charge in [-0.25, -0.2) is 0 Å². The number of hydrogen-bond acceptors (Lipinski definition) is 0. The van der Waals surface area contributed by atoms with Gasteiger partial charge in [-0.3, -0.25) is 0 Å². The van der Waals surface area contributed by atoms with E-state index in [1.54, 1.807) is 0 Å². The first-order chi connectivity index (χ1) is 7.97. The maximum absolute atomic E-state index is 6.56. The second kappa shape index (κ2) is 7.58. The van der Waals surface area contributed by atoms with Crippen LogP contribution < -0.4 is 0 Å². The zero-order chi connectivity index (χ0) is 13.5. The van der Waals surface area contributed by atoms with Gasteiger partial charge in [0.25, 0.3) is 0 Å². The average Bonchev–Trinajstić information content (AvgIpc) is 2.31. The molecule has 1 heteroatoms. The van der Waals surface area contributed by atoms with E-state index in [2.05, 4.69) is 52.0 Å². The second-order valence-electron chi connectivity index (χ2n) is 5.16. The molecule has 0 saturated heterocycles. The van der Waals surface area contributed by atoms with Gasteiger partial charge in [-0.05, 0) is 23.6 Å². The molecule has 17 heavy (non-hydrogen) atoms. The lowest BCUT2D eigenvalue weighted by molar-refractivity contribution is 0.358. The molecule has 0 saturated carbocycles. The standard InChI is InChI=1S/C14H21B.C2H6/c1-11(2)10-14(15,12(3)4)13-8-6-5-7-9-13;1-2/h5-9,11-12H,10H2,1-4H3;1-2H3. The highest BCUT2D eigenvalue weighted by Crippen LogP contribution is 2.34. The van der Waals surface area contributed by atoms with Gasteiger partial charge in [-0.15, -0.1) is 0 Å². The predicted molar refractivity (Wildman–Crippen MR) is 79.5 cm³/mol. The number of hydrogen-bond donors (Lipinski definition) is 0. The van der Waals surface area contributed by atoms with Crippen LogP contribution in [0.1, 0.15) is 53.5 Å². The van der Waals surface area contributed by atoms with Crippen LogP contribution in [0.5, 0.6) is 0 Å². The van der Waals surface area contributed by atoms with E-state index in [1.807, 2.05) is 19.9 Å². The van der Waals surface area contributed by atoms with E-state index in [9.17, 15) is 0 Å². The number of rotatable bonds is 4. The molecule has 0 bridgehead atoms. The molecule has 0 fully saturated rings. The first kappa shape index (κ1) is 16.3. The van der Waals surface area contributed by atoms with E-state index < -0.39 is 0 Å². The van der Waals surface area contributed by atoms with Crippen LogP contribution in [0.4, 0.5) is 0 Å². The zero-order valence-electron chi connectivity index (χ0n) is 12.3. The molecule has 0 amide bonds. The molecule has 1 atom stereocenters. The molecule has 1 aromatic carbocycles. The topological polar surface area (TPSA) is 0 Å². The maximum Gasteiger partial charge on any atom is 0.0814 e. The molecular formula is C16H27B. The van der Waals surface area contributed by atoms with E-state index in [-0.39, 0.29) is 5.31 Å². The van der Waals surface area contributed by atoms with Gasteiger partial charge in [0.05, 0.1) is 7.85 Å². The van der Waals surface area contributed by atoms with E-state index in [1.165, 1.54) is 5.56 Å². The minimum atomic E-state index is -0.185. The molecule has 0 heterocycles. The van der Waals surface area contributed by atoms with Crippen LogP contribution in [0, 0.1) is 11.8 Å². The van der Waals surface area contributed by atoms with Crippen molar-refractivity contribution >= 4 is 7.85 Å². The van der Waals surface area contributed by atoms with Crippen molar-refractivity contribution in [1.82, 2.24) is 0 Å². The van der Waals surface area contributed by atoms with Crippen LogP contribution in [0.25, 0.3) is 0 Å². The third-order valence-corrected chi connectivity index (χ3v) is 3.09. The van der Waals surface area contributed by atoms with Crippen molar-refractivity contribution in [2.24, 2.45) is 11.8 Å². The summed E-state index contributed by atoms with van der Waals surface area (Å²) in [7, 11) is 6.56. The van der Waals surface area contributed by atoms with Gasteiger partial charge in [0.15, 0.2) is 0 Å². The highest BCUT2D eigenvalue weighted by molar-refractivity contribution is 6.16. The zero-order valence-corrected chi connectivity index (χ0v) is 12.3. The monoisotopic (exact) mass is 230 g/mol. The maximum atomic E-state index is 6.56. The van der Waals surface area contributed by atoms with Crippen molar-refractivity contribution < 1.29 is 0 Å². The average molecular weight is 230 g/mol. The lowest BCUT2D eigenvalue weighted by Crippen LogP contribution is -2.34. The molecule has 0 N–H and O–H groups in total. The summed E-state index contributed by atoms with van der Waals surface area (Å²) in [5.74, 6) is 1.08. The minimum Gasteiger partial charge on any atom is -0.0683 e. The van der Waals surface area contributed by atoms with Crippen LogP contribution in [0.15, 0.2) is 30.3 Å². The fourth-order valence-electron chi connectivity index (χ4n) is 2.11. The largest absolute Gasteiger partial charge is 0.0814 e. The van der Waals surface area contributed by atoms with Gasteiger partial charge in [0.2, 0.25) is 0 Å². The molecule has 0 aliphatic rings. The molecule has 2 radical (unpaired) electrons. The summed E-state index contributed by atoms with van der Waals surface area (Å²) in [6, 6.07) is 10.5. The van der Waals surface area contributed by atoms with Gasteiger partial charge in [0, 0.05) is 0 Å². The molecule has 94 valence electrons. The summed E-state index contributed by atoms with van der Waals surface area (Å²) in [6.07, 6.45) is 1.04. The Morgan fingerprint density at radius 2 is 1.47 bits per heavy atom. The van der Waals surface area contributed by atoms with E-state index >= 15 is 0 Å². The molecule has 0 nitrogen and oxygen atoms in total. The Morgan fingerprint density at radius 3 is 1.82 bits per heavy atom. The minimum absolute atomic E-state index is 0.185. The Hall–Kier alpha value is -0.715. The molecule has 0 aliphatic carbocycles. The third-order valence-electron chi connectivity index (χ3n) is 3.09. The molecule has 0 aliphatic heterocycles. The first-order valence-corrected chi connectivity index (χ1v) is 6.81. The summed E-state index contributed by atoms with van der Waals surface area (Å²) in [4.78, 5) is 0. The van der Waals surface area contributed by atoms with Gasteiger partial charge in [0.1, 0.15) is 0 Å². The summed E-state index contributed by atoms with van der Waals surface area (Å²) < 4.78 is 0.